The van der Waals surface area contributed by atoms with Crippen LogP contribution in [0.15, 0.2) is 59.0 Å². The van der Waals surface area contributed by atoms with Crippen molar-refractivity contribution in [2.75, 3.05) is 5.73 Å². The number of nitrogens with two attached hydrogens (primary N) is 1. The minimum Gasteiger partial charge on any atom is -0.381 e. The summed E-state index contributed by atoms with van der Waals surface area (Å²) in [6, 6.07) is 10.2. The van der Waals surface area contributed by atoms with Crippen LogP contribution in [-0.2, 0) is 0 Å². The maximum atomic E-state index is 13.7. The maximum Gasteiger partial charge on any atom is 0.268 e. The van der Waals surface area contributed by atoms with Gasteiger partial charge in [-0.1, -0.05) is 24.1 Å². The van der Waals surface area contributed by atoms with Crippen LogP contribution in [0.1, 0.15) is 41.6 Å². The SMILES string of the molecule is CC#Cc1csc2nc(C(C)NC(=O)c3c(N)nn4cccnc34)n(-c3ccccc3)c(=O)c12. The molecular formula is C24H19N7O2S. The fourth-order valence-electron chi connectivity index (χ4n) is 3.81. The van der Waals surface area contributed by atoms with Gasteiger partial charge >= 0.3 is 0 Å². The average Bonchev–Trinajstić information content (AvgIpc) is 3.39. The van der Waals surface area contributed by atoms with Crippen LogP contribution in [-0.4, -0.2) is 30.1 Å². The largest absolute Gasteiger partial charge is 0.381 e. The van der Waals surface area contributed by atoms with Gasteiger partial charge in [-0.05, 0) is 32.0 Å². The van der Waals surface area contributed by atoms with Crippen LogP contribution in [0.5, 0.6) is 0 Å². The van der Waals surface area contributed by atoms with Crippen LogP contribution in [0.4, 0.5) is 5.82 Å². The van der Waals surface area contributed by atoms with Gasteiger partial charge in [0.05, 0.1) is 22.7 Å². The molecule has 34 heavy (non-hydrogen) atoms. The van der Waals surface area contributed by atoms with Gasteiger partial charge in [-0.2, -0.15) is 0 Å². The van der Waals surface area contributed by atoms with Gasteiger partial charge in [-0.25, -0.2) is 14.5 Å². The zero-order valence-electron chi connectivity index (χ0n) is 18.3. The Balaban J connectivity index is 1.64. The van der Waals surface area contributed by atoms with Gasteiger partial charge in [0.2, 0.25) is 0 Å². The molecule has 168 valence electrons. The van der Waals surface area contributed by atoms with Crippen LogP contribution in [0, 0.1) is 11.8 Å². The van der Waals surface area contributed by atoms with Gasteiger partial charge in [0.25, 0.3) is 11.5 Å². The minimum atomic E-state index is -0.634. The predicted octanol–water partition coefficient (Wildman–Crippen LogP) is 2.93. The summed E-state index contributed by atoms with van der Waals surface area (Å²) in [6.45, 7) is 3.49. The number of nitrogen functional groups attached to an aromatic ring is 1. The molecule has 1 unspecified atom stereocenters. The van der Waals surface area contributed by atoms with E-state index in [1.165, 1.54) is 20.4 Å². The van der Waals surface area contributed by atoms with Crippen molar-refractivity contribution in [3.8, 4) is 17.5 Å². The number of nitrogens with one attached hydrogen (secondary N) is 1. The molecule has 1 atom stereocenters. The van der Waals surface area contributed by atoms with E-state index < -0.39 is 11.9 Å². The smallest absolute Gasteiger partial charge is 0.268 e. The van der Waals surface area contributed by atoms with Gasteiger partial charge in [0.15, 0.2) is 11.5 Å². The number of rotatable bonds is 4. The van der Waals surface area contributed by atoms with Crippen molar-refractivity contribution in [3.05, 3.63) is 81.5 Å². The van der Waals surface area contributed by atoms with E-state index >= 15 is 0 Å². The van der Waals surface area contributed by atoms with Gasteiger partial charge in [-0.15, -0.1) is 22.4 Å². The van der Waals surface area contributed by atoms with E-state index in [2.05, 4.69) is 27.2 Å². The molecule has 3 N–H and O–H groups in total. The number of para-hydroxylation sites is 1. The first-order valence-corrected chi connectivity index (χ1v) is 11.3. The first kappa shape index (κ1) is 21.4. The summed E-state index contributed by atoms with van der Waals surface area (Å²) in [6.07, 6.45) is 3.22. The Labute approximate surface area is 197 Å². The number of hydrogen-bond acceptors (Lipinski definition) is 7. The number of fused-ring (bicyclic) bond motifs is 2. The van der Waals surface area contributed by atoms with Crippen molar-refractivity contribution in [3.63, 3.8) is 0 Å². The van der Waals surface area contributed by atoms with E-state index in [9.17, 15) is 9.59 Å². The summed E-state index contributed by atoms with van der Waals surface area (Å²) < 4.78 is 2.96. The summed E-state index contributed by atoms with van der Waals surface area (Å²) in [4.78, 5) is 36.4. The molecule has 0 saturated heterocycles. The number of carbonyl (C=O) groups is 1. The number of benzene rings is 1. The minimum absolute atomic E-state index is 0.0632. The standard InChI is InChI=1S/C24H19N7O2S/c1-3-8-15-13-34-23-17(15)24(33)31(16-9-5-4-6-10-16)20(28-23)14(2)27-22(32)18-19(25)29-30-12-7-11-26-21(18)30/h4-7,9-14H,1-2H3,(H2,25,29)(H,27,32). The summed E-state index contributed by atoms with van der Waals surface area (Å²) >= 11 is 1.34. The number of thiophene rings is 1. The quantitative estimate of drug-likeness (QED) is 0.391. The van der Waals surface area contributed by atoms with Crippen LogP contribution < -0.4 is 16.6 Å². The van der Waals surface area contributed by atoms with E-state index in [4.69, 9.17) is 10.7 Å². The third kappa shape index (κ3) is 3.48. The Kier molecular flexibility index (Phi) is 5.31. The monoisotopic (exact) mass is 469 g/mol. The Morgan fingerprint density at radius 3 is 2.79 bits per heavy atom. The van der Waals surface area contributed by atoms with E-state index in [1.54, 1.807) is 32.3 Å². The number of aromatic nitrogens is 5. The molecule has 0 aliphatic carbocycles. The molecule has 10 heteroatoms. The highest BCUT2D eigenvalue weighted by Crippen LogP contribution is 2.25. The Morgan fingerprint density at radius 2 is 2.03 bits per heavy atom. The average molecular weight is 470 g/mol. The third-order valence-electron chi connectivity index (χ3n) is 5.29. The van der Waals surface area contributed by atoms with Crippen molar-refractivity contribution in [1.29, 1.82) is 0 Å². The highest BCUT2D eigenvalue weighted by Gasteiger charge is 2.25. The van der Waals surface area contributed by atoms with Gasteiger partial charge in [-0.3, -0.25) is 14.2 Å². The normalized spacial score (nSPS) is 11.8. The van der Waals surface area contributed by atoms with Crippen LogP contribution in [0.2, 0.25) is 0 Å². The van der Waals surface area contributed by atoms with E-state index in [0.29, 0.717) is 32.9 Å². The second-order valence-electron chi connectivity index (χ2n) is 7.49. The molecule has 5 rings (SSSR count). The fraction of sp³-hybridized carbons (Fsp3) is 0.125. The van der Waals surface area contributed by atoms with E-state index in [-0.39, 0.29) is 16.9 Å². The summed E-state index contributed by atoms with van der Waals surface area (Å²) in [5, 5.41) is 9.33. The predicted molar refractivity (Wildman–Crippen MR) is 131 cm³/mol. The highest BCUT2D eigenvalue weighted by molar-refractivity contribution is 7.17. The topological polar surface area (TPSA) is 120 Å². The Bertz CT molecular complexity index is 1670. The van der Waals surface area contributed by atoms with Crippen molar-refractivity contribution >= 4 is 38.9 Å². The molecule has 4 heterocycles. The first-order chi connectivity index (χ1) is 16.5. The molecule has 1 aromatic carbocycles. The molecule has 9 nitrogen and oxygen atoms in total. The number of hydrogen-bond donors (Lipinski definition) is 2. The zero-order valence-corrected chi connectivity index (χ0v) is 19.1. The molecular weight excluding hydrogens is 450 g/mol. The fourth-order valence-corrected chi connectivity index (χ4v) is 4.67. The highest BCUT2D eigenvalue weighted by atomic mass is 32.1. The van der Waals surface area contributed by atoms with Gasteiger partial charge in [0, 0.05) is 17.8 Å². The lowest BCUT2D eigenvalue weighted by atomic mass is 10.2. The molecule has 0 spiro atoms. The zero-order chi connectivity index (χ0) is 23.8. The molecule has 4 aromatic heterocycles. The molecule has 0 fully saturated rings. The van der Waals surface area contributed by atoms with Crippen LogP contribution in [0.25, 0.3) is 21.6 Å². The van der Waals surface area contributed by atoms with Gasteiger partial charge < -0.3 is 11.1 Å². The maximum absolute atomic E-state index is 13.7. The molecule has 1 amide bonds. The van der Waals surface area contributed by atoms with Crippen molar-refractivity contribution < 1.29 is 4.79 Å². The second kappa shape index (κ2) is 8.46. The lowest BCUT2D eigenvalue weighted by Crippen LogP contribution is -2.33. The molecule has 0 bridgehead atoms. The van der Waals surface area contributed by atoms with Crippen molar-refractivity contribution in [2.45, 2.75) is 19.9 Å². The lowest BCUT2D eigenvalue weighted by molar-refractivity contribution is 0.0940. The molecule has 0 aliphatic heterocycles. The molecule has 0 aliphatic rings. The first-order valence-electron chi connectivity index (χ1n) is 10.4. The number of amides is 1. The third-order valence-corrected chi connectivity index (χ3v) is 6.16. The Morgan fingerprint density at radius 1 is 1.24 bits per heavy atom. The second-order valence-corrected chi connectivity index (χ2v) is 8.35. The van der Waals surface area contributed by atoms with E-state index in [0.717, 1.165) is 0 Å². The lowest BCUT2D eigenvalue weighted by Gasteiger charge is -2.19. The molecule has 0 radical (unpaired) electrons. The molecule has 5 aromatic rings. The Hall–Kier alpha value is -4.49. The number of carbonyl (C=O) groups excluding carboxylic acids is 1. The van der Waals surface area contributed by atoms with E-state index in [1.807, 2.05) is 35.7 Å². The van der Waals surface area contributed by atoms with Crippen molar-refractivity contribution in [2.24, 2.45) is 0 Å². The van der Waals surface area contributed by atoms with Crippen molar-refractivity contribution in [1.82, 2.24) is 29.5 Å². The van der Waals surface area contributed by atoms with Crippen LogP contribution in [0.3, 0.4) is 0 Å². The van der Waals surface area contributed by atoms with Crippen LogP contribution >= 0.6 is 11.3 Å². The number of anilines is 1. The van der Waals surface area contributed by atoms with Gasteiger partial charge in [0.1, 0.15) is 16.2 Å². The summed E-state index contributed by atoms with van der Waals surface area (Å²) in [5.74, 6) is 5.81. The number of nitrogens with zero attached hydrogens (tertiary/aromatic N) is 5. The molecule has 0 saturated carbocycles. The summed E-state index contributed by atoms with van der Waals surface area (Å²) in [7, 11) is 0. The summed E-state index contributed by atoms with van der Waals surface area (Å²) in [5.41, 5.74) is 7.54.